The van der Waals surface area contributed by atoms with E-state index >= 15 is 0 Å². The SMILES string of the molecule is CN(N)c1nc2c(=O)[nH]c(N)nc2n1C1OC(CO)C(O)C1O. The van der Waals surface area contributed by atoms with Gasteiger partial charge >= 0.3 is 0 Å². The molecule has 0 spiro atoms. The van der Waals surface area contributed by atoms with E-state index in [4.69, 9.17) is 16.3 Å². The largest absolute Gasteiger partial charge is 0.394 e. The Hall–Kier alpha value is -2.25. The fourth-order valence-electron chi connectivity index (χ4n) is 2.57. The Morgan fingerprint density at radius 3 is 2.65 bits per heavy atom. The van der Waals surface area contributed by atoms with Gasteiger partial charge in [-0.05, 0) is 0 Å². The number of imidazole rings is 1. The molecule has 1 saturated heterocycles. The summed E-state index contributed by atoms with van der Waals surface area (Å²) in [5.74, 6) is 5.63. The molecule has 1 aliphatic rings. The fourth-order valence-corrected chi connectivity index (χ4v) is 2.57. The zero-order chi connectivity index (χ0) is 16.9. The first kappa shape index (κ1) is 15.6. The summed E-state index contributed by atoms with van der Waals surface area (Å²) in [6.45, 7) is -0.495. The zero-order valence-corrected chi connectivity index (χ0v) is 12.1. The highest BCUT2D eigenvalue weighted by atomic mass is 16.6. The lowest BCUT2D eigenvalue weighted by molar-refractivity contribution is -0.0504. The molecule has 12 heteroatoms. The van der Waals surface area contributed by atoms with Crippen LogP contribution in [-0.4, -0.2) is 66.8 Å². The third-order valence-electron chi connectivity index (χ3n) is 3.64. The number of ether oxygens (including phenoxy) is 1. The maximum absolute atomic E-state index is 12.0. The van der Waals surface area contributed by atoms with Crippen LogP contribution in [0.15, 0.2) is 4.79 Å². The van der Waals surface area contributed by atoms with Gasteiger partial charge in [0, 0.05) is 7.05 Å². The minimum Gasteiger partial charge on any atom is -0.394 e. The summed E-state index contributed by atoms with van der Waals surface area (Å²) in [6.07, 6.45) is -4.85. The van der Waals surface area contributed by atoms with Crippen molar-refractivity contribution in [3.8, 4) is 0 Å². The van der Waals surface area contributed by atoms with Gasteiger partial charge in [0.2, 0.25) is 11.9 Å². The van der Waals surface area contributed by atoms with Crippen LogP contribution in [0.25, 0.3) is 11.2 Å². The van der Waals surface area contributed by atoms with Gasteiger partial charge in [-0.15, -0.1) is 0 Å². The number of aliphatic hydroxyl groups is 3. The summed E-state index contributed by atoms with van der Waals surface area (Å²) in [5.41, 5.74) is 4.95. The van der Waals surface area contributed by atoms with Crippen molar-refractivity contribution in [3.63, 3.8) is 0 Å². The lowest BCUT2D eigenvalue weighted by Gasteiger charge is -2.21. The summed E-state index contributed by atoms with van der Waals surface area (Å²) < 4.78 is 6.71. The average molecular weight is 327 g/mol. The second-order valence-corrected chi connectivity index (χ2v) is 5.24. The van der Waals surface area contributed by atoms with Gasteiger partial charge in [-0.25, -0.2) is 10.8 Å². The van der Waals surface area contributed by atoms with Crippen molar-refractivity contribution in [2.45, 2.75) is 24.5 Å². The van der Waals surface area contributed by atoms with Crippen LogP contribution in [0.3, 0.4) is 0 Å². The highest BCUT2D eigenvalue weighted by Gasteiger charge is 2.45. The topological polar surface area (TPSA) is 189 Å². The first-order valence-corrected chi connectivity index (χ1v) is 6.73. The molecule has 3 heterocycles. The first-order valence-electron chi connectivity index (χ1n) is 6.73. The van der Waals surface area contributed by atoms with Crippen LogP contribution in [0.2, 0.25) is 0 Å². The van der Waals surface area contributed by atoms with Crippen LogP contribution in [0.1, 0.15) is 6.23 Å². The Morgan fingerprint density at radius 1 is 1.39 bits per heavy atom. The van der Waals surface area contributed by atoms with Crippen molar-refractivity contribution >= 4 is 23.1 Å². The smallest absolute Gasteiger partial charge is 0.280 e. The third kappa shape index (κ3) is 2.32. The lowest BCUT2D eigenvalue weighted by atomic mass is 10.1. The molecule has 4 atom stereocenters. The Bertz CT molecular complexity index is 787. The number of fused-ring (bicyclic) bond motifs is 1. The number of hydrogen-bond donors (Lipinski definition) is 6. The molecule has 0 saturated carbocycles. The van der Waals surface area contributed by atoms with Gasteiger partial charge in [0.25, 0.3) is 5.56 Å². The number of nitrogens with zero attached hydrogens (tertiary/aromatic N) is 4. The number of aromatic amines is 1. The number of nitrogen functional groups attached to an aromatic ring is 1. The molecule has 0 amide bonds. The standard InChI is InChI=1S/C11H17N7O5/c1-17(13)11-14-4-7(15-10(12)16-8(4)22)18(11)9-6(21)5(20)3(2-19)23-9/h3,5-6,9,19-21H,2,13H2,1H3,(H3,12,15,16,22). The van der Waals surface area contributed by atoms with Gasteiger partial charge in [0.1, 0.15) is 18.3 Å². The molecule has 0 aliphatic carbocycles. The molecular weight excluding hydrogens is 310 g/mol. The molecule has 1 fully saturated rings. The fraction of sp³-hybridized carbons (Fsp3) is 0.545. The summed E-state index contributed by atoms with van der Waals surface area (Å²) in [4.78, 5) is 22.3. The molecule has 2 aromatic heterocycles. The highest BCUT2D eigenvalue weighted by Crippen LogP contribution is 2.34. The predicted octanol–water partition coefficient (Wildman–Crippen LogP) is -3.38. The number of hydrogen-bond acceptors (Lipinski definition) is 10. The van der Waals surface area contributed by atoms with E-state index in [1.807, 2.05) is 0 Å². The summed E-state index contributed by atoms with van der Waals surface area (Å²) in [7, 11) is 1.47. The van der Waals surface area contributed by atoms with Crippen molar-refractivity contribution in [1.82, 2.24) is 19.5 Å². The number of H-pyrrole nitrogens is 1. The number of rotatable bonds is 3. The molecule has 12 nitrogen and oxygen atoms in total. The van der Waals surface area contributed by atoms with E-state index in [9.17, 15) is 20.1 Å². The number of nitrogens with two attached hydrogens (primary N) is 2. The highest BCUT2D eigenvalue weighted by molar-refractivity contribution is 5.75. The minimum atomic E-state index is -1.38. The summed E-state index contributed by atoms with van der Waals surface area (Å²) in [6, 6.07) is 0. The molecule has 3 rings (SSSR count). The number of aromatic nitrogens is 4. The Morgan fingerprint density at radius 2 is 2.09 bits per heavy atom. The van der Waals surface area contributed by atoms with Crippen LogP contribution in [-0.2, 0) is 4.74 Å². The number of nitrogens with one attached hydrogen (secondary N) is 1. The molecule has 8 N–H and O–H groups in total. The summed E-state index contributed by atoms with van der Waals surface area (Å²) >= 11 is 0. The lowest BCUT2D eigenvalue weighted by Crippen LogP contribution is -2.34. The maximum Gasteiger partial charge on any atom is 0.280 e. The first-order chi connectivity index (χ1) is 10.8. The molecule has 126 valence electrons. The van der Waals surface area contributed by atoms with E-state index in [1.165, 1.54) is 11.6 Å². The molecular formula is C11H17N7O5. The normalized spacial score (nSPS) is 27.7. The monoisotopic (exact) mass is 327 g/mol. The van der Waals surface area contributed by atoms with E-state index in [2.05, 4.69) is 15.0 Å². The predicted molar refractivity (Wildman–Crippen MR) is 78.2 cm³/mol. The van der Waals surface area contributed by atoms with Crippen molar-refractivity contribution in [1.29, 1.82) is 0 Å². The molecule has 1 aliphatic heterocycles. The molecule has 23 heavy (non-hydrogen) atoms. The molecule has 4 unspecified atom stereocenters. The van der Waals surface area contributed by atoms with Crippen molar-refractivity contribution in [3.05, 3.63) is 10.4 Å². The Balaban J connectivity index is 2.23. The zero-order valence-electron chi connectivity index (χ0n) is 12.1. The molecule has 2 aromatic rings. The van der Waals surface area contributed by atoms with E-state index < -0.39 is 36.7 Å². The van der Waals surface area contributed by atoms with Crippen LogP contribution in [0.4, 0.5) is 11.9 Å². The van der Waals surface area contributed by atoms with Crippen molar-refractivity contribution in [2.75, 3.05) is 24.4 Å². The van der Waals surface area contributed by atoms with Gasteiger partial charge in [0.05, 0.1) is 6.61 Å². The van der Waals surface area contributed by atoms with E-state index in [-0.39, 0.29) is 23.1 Å². The van der Waals surface area contributed by atoms with Gasteiger partial charge < -0.3 is 25.8 Å². The van der Waals surface area contributed by atoms with E-state index in [0.717, 1.165) is 5.01 Å². The molecule has 0 bridgehead atoms. The Kier molecular flexibility index (Phi) is 3.69. The number of anilines is 2. The van der Waals surface area contributed by atoms with Gasteiger partial charge in [0.15, 0.2) is 17.4 Å². The minimum absolute atomic E-state index is 0.0355. The van der Waals surface area contributed by atoms with Crippen LogP contribution in [0, 0.1) is 0 Å². The van der Waals surface area contributed by atoms with Gasteiger partial charge in [-0.2, -0.15) is 4.98 Å². The number of aliphatic hydroxyl groups excluding tert-OH is 3. The average Bonchev–Trinajstić information content (AvgIpc) is 2.99. The van der Waals surface area contributed by atoms with Crippen LogP contribution < -0.4 is 22.1 Å². The van der Waals surface area contributed by atoms with Crippen molar-refractivity contribution in [2.24, 2.45) is 5.84 Å². The van der Waals surface area contributed by atoms with Crippen molar-refractivity contribution < 1.29 is 20.1 Å². The van der Waals surface area contributed by atoms with Gasteiger partial charge in [-0.1, -0.05) is 0 Å². The Labute approximate surface area is 128 Å². The second-order valence-electron chi connectivity index (χ2n) is 5.24. The van der Waals surface area contributed by atoms with Crippen LogP contribution in [0.5, 0.6) is 0 Å². The quantitative estimate of drug-likeness (QED) is 0.245. The molecule has 0 radical (unpaired) electrons. The molecule has 0 aromatic carbocycles. The maximum atomic E-state index is 12.0. The second kappa shape index (κ2) is 5.43. The van der Waals surface area contributed by atoms with Gasteiger partial charge in [-0.3, -0.25) is 19.4 Å². The van der Waals surface area contributed by atoms with Crippen LogP contribution >= 0.6 is 0 Å². The van der Waals surface area contributed by atoms with E-state index in [0.29, 0.717) is 0 Å². The number of hydrazine groups is 1. The summed E-state index contributed by atoms with van der Waals surface area (Å²) in [5, 5.41) is 30.4. The van der Waals surface area contributed by atoms with E-state index in [1.54, 1.807) is 0 Å². The third-order valence-corrected chi connectivity index (χ3v) is 3.64.